The first-order valence-electron chi connectivity index (χ1n) is 7.14. The SMILES string of the molecule is COc1ccc(CC(C)NCC(C)(O)c2cccs2)cc1. The maximum atomic E-state index is 10.5. The molecule has 4 heteroatoms. The fraction of sp³-hybridized carbons (Fsp3) is 0.412. The Labute approximate surface area is 130 Å². The second-order valence-electron chi connectivity index (χ2n) is 5.59. The van der Waals surface area contributed by atoms with Gasteiger partial charge in [-0.2, -0.15) is 0 Å². The van der Waals surface area contributed by atoms with Gasteiger partial charge in [0.05, 0.1) is 7.11 Å². The molecule has 2 atom stereocenters. The Balaban J connectivity index is 1.85. The lowest BCUT2D eigenvalue weighted by molar-refractivity contribution is 0.0581. The van der Waals surface area contributed by atoms with E-state index in [9.17, 15) is 5.11 Å². The molecule has 2 unspecified atom stereocenters. The lowest BCUT2D eigenvalue weighted by atomic mass is 10.0. The number of methoxy groups -OCH3 is 1. The summed E-state index contributed by atoms with van der Waals surface area (Å²) in [6, 6.07) is 12.3. The molecule has 2 N–H and O–H groups in total. The number of benzene rings is 1. The summed E-state index contributed by atoms with van der Waals surface area (Å²) in [5.74, 6) is 0.875. The van der Waals surface area contributed by atoms with Crippen LogP contribution in [0.1, 0.15) is 24.3 Å². The fourth-order valence-corrected chi connectivity index (χ4v) is 3.02. The quantitative estimate of drug-likeness (QED) is 0.825. The van der Waals surface area contributed by atoms with Crippen LogP contribution < -0.4 is 10.1 Å². The summed E-state index contributed by atoms with van der Waals surface area (Å²) in [7, 11) is 1.67. The van der Waals surface area contributed by atoms with E-state index < -0.39 is 5.60 Å². The van der Waals surface area contributed by atoms with Gasteiger partial charge in [0.1, 0.15) is 11.4 Å². The van der Waals surface area contributed by atoms with E-state index in [1.165, 1.54) is 5.56 Å². The maximum Gasteiger partial charge on any atom is 0.118 e. The minimum Gasteiger partial charge on any atom is -0.497 e. The third-order valence-corrected chi connectivity index (χ3v) is 4.67. The number of thiophene rings is 1. The zero-order valence-electron chi connectivity index (χ0n) is 12.8. The Morgan fingerprint density at radius 2 is 2.00 bits per heavy atom. The van der Waals surface area contributed by atoms with E-state index in [1.807, 2.05) is 36.6 Å². The van der Waals surface area contributed by atoms with Crippen LogP contribution in [0.15, 0.2) is 41.8 Å². The summed E-state index contributed by atoms with van der Waals surface area (Å²) < 4.78 is 5.16. The van der Waals surface area contributed by atoms with Gasteiger partial charge in [-0.15, -0.1) is 11.3 Å². The van der Waals surface area contributed by atoms with E-state index in [-0.39, 0.29) is 0 Å². The van der Waals surface area contributed by atoms with Crippen molar-refractivity contribution in [2.45, 2.75) is 31.9 Å². The van der Waals surface area contributed by atoms with Crippen LogP contribution in [0.4, 0.5) is 0 Å². The van der Waals surface area contributed by atoms with Crippen molar-refractivity contribution in [2.75, 3.05) is 13.7 Å². The normalized spacial score (nSPS) is 15.4. The molecule has 21 heavy (non-hydrogen) atoms. The molecule has 0 saturated heterocycles. The van der Waals surface area contributed by atoms with Crippen molar-refractivity contribution in [1.82, 2.24) is 5.32 Å². The van der Waals surface area contributed by atoms with E-state index in [1.54, 1.807) is 18.4 Å². The largest absolute Gasteiger partial charge is 0.497 e. The number of hydrogen-bond donors (Lipinski definition) is 2. The third-order valence-electron chi connectivity index (χ3n) is 3.55. The molecule has 2 rings (SSSR count). The van der Waals surface area contributed by atoms with Crippen molar-refractivity contribution in [3.05, 3.63) is 52.2 Å². The van der Waals surface area contributed by atoms with Gasteiger partial charge in [-0.05, 0) is 49.4 Å². The summed E-state index contributed by atoms with van der Waals surface area (Å²) in [5.41, 5.74) is 0.439. The van der Waals surface area contributed by atoms with Crippen molar-refractivity contribution in [1.29, 1.82) is 0 Å². The number of hydrogen-bond acceptors (Lipinski definition) is 4. The lowest BCUT2D eigenvalue weighted by Gasteiger charge is -2.25. The highest BCUT2D eigenvalue weighted by Crippen LogP contribution is 2.24. The molecule has 0 radical (unpaired) electrons. The van der Waals surface area contributed by atoms with Gasteiger partial charge in [0.15, 0.2) is 0 Å². The Morgan fingerprint density at radius 1 is 1.29 bits per heavy atom. The first-order chi connectivity index (χ1) is 10.0. The van der Waals surface area contributed by atoms with Gasteiger partial charge < -0.3 is 15.2 Å². The summed E-state index contributed by atoms with van der Waals surface area (Å²) in [6.45, 7) is 4.53. The first-order valence-corrected chi connectivity index (χ1v) is 8.02. The second kappa shape index (κ2) is 7.07. The number of rotatable bonds is 7. The van der Waals surface area contributed by atoms with Crippen molar-refractivity contribution in [3.63, 3.8) is 0 Å². The van der Waals surface area contributed by atoms with Crippen molar-refractivity contribution < 1.29 is 9.84 Å². The van der Waals surface area contributed by atoms with Crippen LogP contribution in [0.5, 0.6) is 5.75 Å². The molecule has 0 aliphatic carbocycles. The molecule has 0 saturated carbocycles. The molecule has 3 nitrogen and oxygen atoms in total. The van der Waals surface area contributed by atoms with Crippen LogP contribution in [0, 0.1) is 0 Å². The molecular formula is C17H23NO2S. The monoisotopic (exact) mass is 305 g/mol. The van der Waals surface area contributed by atoms with Crippen molar-refractivity contribution in [2.24, 2.45) is 0 Å². The second-order valence-corrected chi connectivity index (χ2v) is 6.53. The van der Waals surface area contributed by atoms with Crippen molar-refractivity contribution in [3.8, 4) is 5.75 Å². The molecule has 1 heterocycles. The van der Waals surface area contributed by atoms with Gasteiger partial charge in [-0.1, -0.05) is 18.2 Å². The van der Waals surface area contributed by atoms with E-state index in [0.717, 1.165) is 17.0 Å². The smallest absolute Gasteiger partial charge is 0.118 e. The summed E-state index contributed by atoms with van der Waals surface area (Å²) in [4.78, 5) is 0.992. The van der Waals surface area contributed by atoms with E-state index >= 15 is 0 Å². The molecule has 114 valence electrons. The minimum absolute atomic E-state index is 0.296. The van der Waals surface area contributed by atoms with Crippen LogP contribution in [-0.4, -0.2) is 24.8 Å². The van der Waals surface area contributed by atoms with E-state index in [4.69, 9.17) is 4.74 Å². The molecule has 2 aromatic rings. The summed E-state index contributed by atoms with van der Waals surface area (Å²) in [5, 5.41) is 15.9. The van der Waals surface area contributed by atoms with Crippen LogP contribution >= 0.6 is 11.3 Å². The standard InChI is InChI=1S/C17H23NO2S/c1-13(11-14-6-8-15(20-3)9-7-14)18-12-17(2,19)16-5-4-10-21-16/h4-10,13,18-19H,11-12H2,1-3H3. The van der Waals surface area contributed by atoms with Crippen LogP contribution in [-0.2, 0) is 12.0 Å². The predicted octanol–water partition coefficient (Wildman–Crippen LogP) is 3.19. The van der Waals surface area contributed by atoms with Gasteiger partial charge >= 0.3 is 0 Å². The molecule has 0 amide bonds. The van der Waals surface area contributed by atoms with Crippen LogP contribution in [0.25, 0.3) is 0 Å². The Bertz CT molecular complexity index is 534. The molecule has 1 aromatic carbocycles. The average molecular weight is 305 g/mol. The predicted molar refractivity (Wildman–Crippen MR) is 88.1 cm³/mol. The molecule has 0 fully saturated rings. The molecule has 0 spiro atoms. The minimum atomic E-state index is -0.817. The van der Waals surface area contributed by atoms with Gasteiger partial charge in [0.2, 0.25) is 0 Å². The molecular weight excluding hydrogens is 282 g/mol. The van der Waals surface area contributed by atoms with Crippen molar-refractivity contribution >= 4 is 11.3 Å². The summed E-state index contributed by atoms with van der Waals surface area (Å²) >= 11 is 1.59. The molecule has 0 aliphatic heterocycles. The van der Waals surface area contributed by atoms with Crippen LogP contribution in [0.2, 0.25) is 0 Å². The highest BCUT2D eigenvalue weighted by molar-refractivity contribution is 7.10. The highest BCUT2D eigenvalue weighted by Gasteiger charge is 2.24. The maximum absolute atomic E-state index is 10.5. The molecule has 0 aliphatic rings. The Kier molecular flexibility index (Phi) is 5.39. The van der Waals surface area contributed by atoms with E-state index in [0.29, 0.717) is 12.6 Å². The lowest BCUT2D eigenvalue weighted by Crippen LogP contribution is -2.40. The van der Waals surface area contributed by atoms with Gasteiger partial charge in [0.25, 0.3) is 0 Å². The Morgan fingerprint density at radius 3 is 2.57 bits per heavy atom. The number of aliphatic hydroxyl groups is 1. The Hall–Kier alpha value is -1.36. The zero-order valence-corrected chi connectivity index (χ0v) is 13.6. The topological polar surface area (TPSA) is 41.5 Å². The molecule has 0 bridgehead atoms. The zero-order chi connectivity index (χ0) is 15.3. The number of nitrogens with one attached hydrogen (secondary N) is 1. The van der Waals surface area contributed by atoms with Gasteiger partial charge in [-0.25, -0.2) is 0 Å². The summed E-state index contributed by atoms with van der Waals surface area (Å²) in [6.07, 6.45) is 0.921. The average Bonchev–Trinajstić information content (AvgIpc) is 3.01. The first kappa shape index (κ1) is 16.0. The fourth-order valence-electron chi connectivity index (χ4n) is 2.23. The number of ether oxygens (including phenoxy) is 1. The van der Waals surface area contributed by atoms with Gasteiger partial charge in [0, 0.05) is 17.5 Å². The third kappa shape index (κ3) is 4.56. The van der Waals surface area contributed by atoms with Gasteiger partial charge in [-0.3, -0.25) is 0 Å². The van der Waals surface area contributed by atoms with E-state index in [2.05, 4.69) is 24.4 Å². The van der Waals surface area contributed by atoms with Crippen LogP contribution in [0.3, 0.4) is 0 Å². The molecule has 1 aromatic heterocycles. The highest BCUT2D eigenvalue weighted by atomic mass is 32.1.